The molecule has 112 valence electrons. The number of amides is 1. The summed E-state index contributed by atoms with van der Waals surface area (Å²) in [7, 11) is 0. The smallest absolute Gasteiger partial charge is 0.227 e. The van der Waals surface area contributed by atoms with E-state index >= 15 is 0 Å². The Morgan fingerprint density at radius 1 is 1.52 bits per heavy atom. The molecule has 0 radical (unpaired) electrons. The van der Waals surface area contributed by atoms with Gasteiger partial charge < -0.3 is 11.1 Å². The quantitative estimate of drug-likeness (QED) is 0.831. The molecule has 8 heteroatoms. The zero-order chi connectivity index (χ0) is 15.2. The summed E-state index contributed by atoms with van der Waals surface area (Å²) in [6.45, 7) is 2.31. The van der Waals surface area contributed by atoms with Gasteiger partial charge in [-0.15, -0.1) is 5.10 Å². The summed E-state index contributed by atoms with van der Waals surface area (Å²) >= 11 is 0. The maximum atomic E-state index is 13.8. The number of anilines is 1. The monoisotopic (exact) mass is 292 g/mol. The first-order valence-electron chi connectivity index (χ1n) is 6.65. The topological polar surface area (TPSA) is 98.7 Å². The highest BCUT2D eigenvalue weighted by Gasteiger charge is 2.15. The molecule has 2 rings (SSSR count). The van der Waals surface area contributed by atoms with Crippen LogP contribution in [0.5, 0.6) is 0 Å². The van der Waals surface area contributed by atoms with Crippen LogP contribution in [0.25, 0.3) is 5.69 Å². The van der Waals surface area contributed by atoms with Crippen LogP contribution >= 0.6 is 0 Å². The molecule has 1 atom stereocenters. The number of rotatable bonds is 6. The fraction of sp³-hybridized carbons (Fsp3) is 0.385. The molecule has 1 unspecified atom stereocenters. The van der Waals surface area contributed by atoms with E-state index < -0.39 is 5.82 Å². The SMILES string of the molecule is CC(CCCN)C(=O)Nc1cc(-n2cnnn2)ccc1F. The molecule has 21 heavy (non-hydrogen) atoms. The zero-order valence-corrected chi connectivity index (χ0v) is 11.7. The van der Waals surface area contributed by atoms with Gasteiger partial charge in [-0.25, -0.2) is 9.07 Å². The summed E-state index contributed by atoms with van der Waals surface area (Å²) in [4.78, 5) is 12.0. The summed E-state index contributed by atoms with van der Waals surface area (Å²) in [5, 5.41) is 13.3. The van der Waals surface area contributed by atoms with Crippen molar-refractivity contribution in [2.75, 3.05) is 11.9 Å². The van der Waals surface area contributed by atoms with Gasteiger partial charge in [0.2, 0.25) is 5.91 Å². The van der Waals surface area contributed by atoms with E-state index in [-0.39, 0.29) is 17.5 Å². The third kappa shape index (κ3) is 3.82. The summed E-state index contributed by atoms with van der Waals surface area (Å²) < 4.78 is 15.2. The van der Waals surface area contributed by atoms with E-state index in [0.29, 0.717) is 18.7 Å². The Morgan fingerprint density at radius 2 is 2.33 bits per heavy atom. The molecule has 0 bridgehead atoms. The van der Waals surface area contributed by atoms with Crippen molar-refractivity contribution in [3.8, 4) is 5.69 Å². The maximum absolute atomic E-state index is 13.8. The predicted molar refractivity (Wildman–Crippen MR) is 75.2 cm³/mol. The molecule has 2 aromatic rings. The molecular formula is C13H17FN6O. The lowest BCUT2D eigenvalue weighted by atomic mass is 10.0. The molecule has 0 saturated heterocycles. The minimum atomic E-state index is -0.508. The van der Waals surface area contributed by atoms with Gasteiger partial charge in [0.1, 0.15) is 12.1 Å². The molecule has 1 aromatic heterocycles. The molecule has 0 saturated carbocycles. The Hall–Kier alpha value is -2.35. The van der Waals surface area contributed by atoms with Crippen molar-refractivity contribution >= 4 is 11.6 Å². The van der Waals surface area contributed by atoms with Gasteiger partial charge in [-0.3, -0.25) is 4.79 Å². The van der Waals surface area contributed by atoms with Gasteiger partial charge in [0.25, 0.3) is 0 Å². The number of nitrogens with two attached hydrogens (primary N) is 1. The molecule has 3 N–H and O–H groups in total. The van der Waals surface area contributed by atoms with E-state index in [1.165, 1.54) is 29.2 Å². The summed E-state index contributed by atoms with van der Waals surface area (Å²) in [6.07, 6.45) is 2.81. The van der Waals surface area contributed by atoms with E-state index in [1.54, 1.807) is 6.92 Å². The minimum absolute atomic E-state index is 0.104. The number of hydrogen-bond acceptors (Lipinski definition) is 5. The number of nitrogens with one attached hydrogen (secondary N) is 1. The summed E-state index contributed by atoms with van der Waals surface area (Å²) in [5.41, 5.74) is 6.08. The standard InChI is InChI=1S/C13H17FN6O/c1-9(3-2-6-15)13(21)17-12-7-10(4-5-11(12)14)20-8-16-18-19-20/h4-5,7-9H,2-3,6,15H2,1H3,(H,17,21). The van der Waals surface area contributed by atoms with Crippen molar-refractivity contribution in [1.82, 2.24) is 20.2 Å². The fourth-order valence-corrected chi connectivity index (χ4v) is 1.84. The lowest BCUT2D eigenvalue weighted by Crippen LogP contribution is -2.22. The Balaban J connectivity index is 2.12. The van der Waals surface area contributed by atoms with Gasteiger partial charge in [-0.05, 0) is 48.0 Å². The summed E-state index contributed by atoms with van der Waals surface area (Å²) in [5.74, 6) is -0.980. The molecule has 0 aliphatic rings. The van der Waals surface area contributed by atoms with Crippen LogP contribution in [0.2, 0.25) is 0 Å². The van der Waals surface area contributed by atoms with E-state index in [4.69, 9.17) is 5.73 Å². The number of tetrazole rings is 1. The largest absolute Gasteiger partial charge is 0.330 e. The zero-order valence-electron chi connectivity index (χ0n) is 11.7. The molecule has 0 aliphatic heterocycles. The molecule has 1 aromatic carbocycles. The summed E-state index contributed by atoms with van der Waals surface area (Å²) in [6, 6.07) is 4.27. The number of carbonyl (C=O) groups excluding carboxylic acids is 1. The molecule has 0 fully saturated rings. The highest BCUT2D eigenvalue weighted by atomic mass is 19.1. The van der Waals surface area contributed by atoms with E-state index in [0.717, 1.165) is 6.42 Å². The Morgan fingerprint density at radius 3 is 3.00 bits per heavy atom. The number of halogens is 1. The lowest BCUT2D eigenvalue weighted by molar-refractivity contribution is -0.119. The Labute approximate surface area is 121 Å². The van der Waals surface area contributed by atoms with Gasteiger partial charge in [-0.1, -0.05) is 6.92 Å². The first-order valence-corrected chi connectivity index (χ1v) is 6.65. The lowest BCUT2D eigenvalue weighted by Gasteiger charge is -2.13. The highest BCUT2D eigenvalue weighted by Crippen LogP contribution is 2.19. The van der Waals surface area contributed by atoms with Crippen LogP contribution in [-0.4, -0.2) is 32.7 Å². The van der Waals surface area contributed by atoms with Crippen LogP contribution in [0.4, 0.5) is 10.1 Å². The molecular weight excluding hydrogens is 275 g/mol. The number of benzene rings is 1. The second-order valence-electron chi connectivity index (χ2n) is 4.74. The maximum Gasteiger partial charge on any atom is 0.227 e. The first kappa shape index (κ1) is 15.0. The van der Waals surface area contributed by atoms with Crippen LogP contribution in [0.3, 0.4) is 0 Å². The Bertz CT molecular complexity index is 601. The molecule has 7 nitrogen and oxygen atoms in total. The second kappa shape index (κ2) is 6.89. The van der Waals surface area contributed by atoms with Crippen molar-refractivity contribution in [2.45, 2.75) is 19.8 Å². The van der Waals surface area contributed by atoms with Gasteiger partial charge in [0, 0.05) is 5.92 Å². The van der Waals surface area contributed by atoms with Crippen molar-refractivity contribution in [2.24, 2.45) is 11.7 Å². The molecule has 1 amide bonds. The third-order valence-corrected chi connectivity index (χ3v) is 3.11. The van der Waals surface area contributed by atoms with Crippen molar-refractivity contribution < 1.29 is 9.18 Å². The molecule has 1 heterocycles. The Kier molecular flexibility index (Phi) is 4.94. The van der Waals surface area contributed by atoms with Crippen molar-refractivity contribution in [3.05, 3.63) is 30.3 Å². The second-order valence-corrected chi connectivity index (χ2v) is 4.74. The van der Waals surface area contributed by atoms with Gasteiger partial charge in [-0.2, -0.15) is 0 Å². The van der Waals surface area contributed by atoms with Crippen LogP contribution < -0.4 is 11.1 Å². The number of hydrogen-bond donors (Lipinski definition) is 2. The first-order chi connectivity index (χ1) is 10.1. The molecule has 0 aliphatic carbocycles. The van der Waals surface area contributed by atoms with Crippen LogP contribution in [0.1, 0.15) is 19.8 Å². The number of carbonyl (C=O) groups is 1. The van der Waals surface area contributed by atoms with Gasteiger partial charge in [0.05, 0.1) is 11.4 Å². The number of aromatic nitrogens is 4. The van der Waals surface area contributed by atoms with E-state index in [2.05, 4.69) is 20.8 Å². The van der Waals surface area contributed by atoms with E-state index in [9.17, 15) is 9.18 Å². The normalized spacial score (nSPS) is 12.1. The van der Waals surface area contributed by atoms with Gasteiger partial charge >= 0.3 is 0 Å². The average Bonchev–Trinajstić information content (AvgIpc) is 3.01. The number of nitrogens with zero attached hydrogens (tertiary/aromatic N) is 4. The minimum Gasteiger partial charge on any atom is -0.330 e. The van der Waals surface area contributed by atoms with Crippen molar-refractivity contribution in [3.63, 3.8) is 0 Å². The van der Waals surface area contributed by atoms with Crippen molar-refractivity contribution in [1.29, 1.82) is 0 Å². The van der Waals surface area contributed by atoms with E-state index in [1.807, 2.05) is 0 Å². The van der Waals surface area contributed by atoms with Gasteiger partial charge in [0.15, 0.2) is 0 Å². The fourth-order valence-electron chi connectivity index (χ4n) is 1.84. The average molecular weight is 292 g/mol. The van der Waals surface area contributed by atoms with Crippen LogP contribution in [0, 0.1) is 11.7 Å². The molecule has 0 spiro atoms. The van der Waals surface area contributed by atoms with Crippen LogP contribution in [-0.2, 0) is 4.79 Å². The third-order valence-electron chi connectivity index (χ3n) is 3.11. The van der Waals surface area contributed by atoms with Crippen LogP contribution in [0.15, 0.2) is 24.5 Å². The highest BCUT2D eigenvalue weighted by molar-refractivity contribution is 5.92. The predicted octanol–water partition coefficient (Wildman–Crippen LogP) is 1.11.